The van der Waals surface area contributed by atoms with Crippen molar-refractivity contribution in [1.82, 2.24) is 10.2 Å². The van der Waals surface area contributed by atoms with Crippen molar-refractivity contribution in [2.45, 2.75) is 25.9 Å². The monoisotopic (exact) mass is 298 g/mol. The molecule has 1 fully saturated rings. The van der Waals surface area contributed by atoms with Gasteiger partial charge in [0.25, 0.3) is 0 Å². The quantitative estimate of drug-likeness (QED) is 0.876. The molecule has 118 valence electrons. The van der Waals surface area contributed by atoms with Crippen LogP contribution in [0, 0.1) is 17.0 Å². The third-order valence-electron chi connectivity index (χ3n) is 4.41. The van der Waals surface area contributed by atoms with Gasteiger partial charge in [0, 0.05) is 24.7 Å². The number of hydrogen-bond donors (Lipinski definition) is 2. The lowest BCUT2D eigenvalue weighted by atomic mass is 9.80. The zero-order valence-corrected chi connectivity index (χ0v) is 12.7. The van der Waals surface area contributed by atoms with Gasteiger partial charge >= 0.3 is 0 Å². The van der Waals surface area contributed by atoms with Crippen LogP contribution in [0.1, 0.15) is 31.4 Å². The highest BCUT2D eigenvalue weighted by Gasteiger charge is 2.28. The molecule has 5 heteroatoms. The smallest absolute Gasteiger partial charge is 0.131 e. The van der Waals surface area contributed by atoms with Crippen LogP contribution in [0.25, 0.3) is 0 Å². The number of aliphatic hydroxyl groups excluding tert-OH is 1. The summed E-state index contributed by atoms with van der Waals surface area (Å²) < 4.78 is 26.4. The van der Waals surface area contributed by atoms with Gasteiger partial charge in [-0.2, -0.15) is 0 Å². The third kappa shape index (κ3) is 4.46. The van der Waals surface area contributed by atoms with Gasteiger partial charge in [-0.25, -0.2) is 8.78 Å². The number of halogens is 2. The second-order valence-corrected chi connectivity index (χ2v) is 6.43. The van der Waals surface area contributed by atoms with Crippen molar-refractivity contribution < 1.29 is 13.9 Å². The lowest BCUT2D eigenvalue weighted by molar-refractivity contribution is 0.123. The number of hydrogen-bond acceptors (Lipinski definition) is 3. The summed E-state index contributed by atoms with van der Waals surface area (Å²) in [6, 6.07) is 3.27. The van der Waals surface area contributed by atoms with Gasteiger partial charge in [0.1, 0.15) is 11.6 Å². The second kappa shape index (κ2) is 6.81. The number of rotatable bonds is 5. The largest absolute Gasteiger partial charge is 0.387 e. The van der Waals surface area contributed by atoms with Crippen molar-refractivity contribution in [3.63, 3.8) is 0 Å². The molecule has 0 saturated carbocycles. The average Bonchev–Trinajstić information content (AvgIpc) is 2.42. The Labute approximate surface area is 125 Å². The molecule has 0 radical (unpaired) electrons. The molecular weight excluding hydrogens is 274 g/mol. The van der Waals surface area contributed by atoms with Gasteiger partial charge in [-0.05, 0) is 44.5 Å². The van der Waals surface area contributed by atoms with Crippen LogP contribution in [-0.2, 0) is 0 Å². The van der Waals surface area contributed by atoms with Gasteiger partial charge in [-0.15, -0.1) is 0 Å². The van der Waals surface area contributed by atoms with E-state index in [2.05, 4.69) is 24.2 Å². The Bertz CT molecular complexity index is 473. The van der Waals surface area contributed by atoms with Crippen molar-refractivity contribution in [1.29, 1.82) is 0 Å². The highest BCUT2D eigenvalue weighted by atomic mass is 19.1. The Morgan fingerprint density at radius 1 is 1.33 bits per heavy atom. The van der Waals surface area contributed by atoms with Gasteiger partial charge in [0.15, 0.2) is 0 Å². The zero-order valence-electron chi connectivity index (χ0n) is 12.7. The maximum Gasteiger partial charge on any atom is 0.131 e. The molecule has 0 spiro atoms. The van der Waals surface area contributed by atoms with Crippen LogP contribution in [0.2, 0.25) is 0 Å². The van der Waals surface area contributed by atoms with Crippen LogP contribution in [-0.4, -0.2) is 43.2 Å². The van der Waals surface area contributed by atoms with E-state index in [4.69, 9.17) is 0 Å². The van der Waals surface area contributed by atoms with Gasteiger partial charge < -0.3 is 15.3 Å². The molecule has 1 heterocycles. The molecule has 1 aromatic carbocycles. The van der Waals surface area contributed by atoms with Gasteiger partial charge in [-0.3, -0.25) is 0 Å². The molecule has 0 bridgehead atoms. The predicted molar refractivity (Wildman–Crippen MR) is 79.0 cm³/mol. The minimum absolute atomic E-state index is 0.137. The van der Waals surface area contributed by atoms with Crippen molar-refractivity contribution in [3.8, 4) is 0 Å². The Balaban J connectivity index is 1.82. The molecule has 1 unspecified atom stereocenters. The van der Waals surface area contributed by atoms with E-state index in [1.54, 1.807) is 0 Å². The summed E-state index contributed by atoms with van der Waals surface area (Å²) in [6.07, 6.45) is 1.26. The summed E-state index contributed by atoms with van der Waals surface area (Å²) in [6.45, 7) is 5.45. The van der Waals surface area contributed by atoms with Crippen molar-refractivity contribution in [2.24, 2.45) is 5.41 Å². The standard InChI is InChI=1S/C16H24F2N2O/c1-16(5-7-20(2)8-6-16)11-19-10-15(21)13-4-3-12(17)9-14(13)18/h3-4,9,15,19,21H,5-8,10-11H2,1-2H3. The van der Waals surface area contributed by atoms with E-state index in [0.29, 0.717) is 0 Å². The Morgan fingerprint density at radius 2 is 2.00 bits per heavy atom. The molecule has 21 heavy (non-hydrogen) atoms. The van der Waals surface area contributed by atoms with E-state index in [-0.39, 0.29) is 17.5 Å². The van der Waals surface area contributed by atoms with Crippen LogP contribution in [0.15, 0.2) is 18.2 Å². The Morgan fingerprint density at radius 3 is 2.62 bits per heavy atom. The fourth-order valence-corrected chi connectivity index (χ4v) is 2.73. The molecular formula is C16H24F2N2O. The first-order chi connectivity index (χ1) is 9.89. The van der Waals surface area contributed by atoms with Crippen molar-refractivity contribution in [3.05, 3.63) is 35.4 Å². The first-order valence-corrected chi connectivity index (χ1v) is 7.42. The van der Waals surface area contributed by atoms with E-state index in [9.17, 15) is 13.9 Å². The van der Waals surface area contributed by atoms with Crippen LogP contribution in [0.5, 0.6) is 0 Å². The molecule has 0 aromatic heterocycles. The fourth-order valence-electron chi connectivity index (χ4n) is 2.73. The van der Waals surface area contributed by atoms with E-state index >= 15 is 0 Å². The van der Waals surface area contributed by atoms with Gasteiger partial charge in [0.05, 0.1) is 6.10 Å². The second-order valence-electron chi connectivity index (χ2n) is 6.43. The van der Waals surface area contributed by atoms with E-state index < -0.39 is 17.7 Å². The molecule has 1 aromatic rings. The lowest BCUT2D eigenvalue weighted by Gasteiger charge is -2.38. The van der Waals surface area contributed by atoms with Crippen molar-refractivity contribution >= 4 is 0 Å². The van der Waals surface area contributed by atoms with Crippen LogP contribution < -0.4 is 5.32 Å². The summed E-state index contributed by atoms with van der Waals surface area (Å²) in [5.41, 5.74) is 0.352. The fraction of sp³-hybridized carbons (Fsp3) is 0.625. The van der Waals surface area contributed by atoms with Crippen molar-refractivity contribution in [2.75, 3.05) is 33.2 Å². The molecule has 1 saturated heterocycles. The van der Waals surface area contributed by atoms with Gasteiger partial charge in [-0.1, -0.05) is 13.0 Å². The topological polar surface area (TPSA) is 35.5 Å². The highest BCUT2D eigenvalue weighted by molar-refractivity contribution is 5.21. The Hall–Kier alpha value is -1.04. The maximum atomic E-state index is 13.6. The highest BCUT2D eigenvalue weighted by Crippen LogP contribution is 2.29. The van der Waals surface area contributed by atoms with E-state index in [0.717, 1.165) is 38.5 Å². The van der Waals surface area contributed by atoms with Gasteiger partial charge in [0.2, 0.25) is 0 Å². The number of nitrogens with one attached hydrogen (secondary N) is 1. The maximum absolute atomic E-state index is 13.6. The molecule has 2 rings (SSSR count). The summed E-state index contributed by atoms with van der Waals surface area (Å²) in [5, 5.41) is 13.2. The molecule has 3 nitrogen and oxygen atoms in total. The molecule has 2 N–H and O–H groups in total. The SMILES string of the molecule is CN1CCC(C)(CNCC(O)c2ccc(F)cc2F)CC1. The number of piperidine rings is 1. The zero-order chi connectivity index (χ0) is 15.5. The number of benzene rings is 1. The van der Waals surface area contributed by atoms with Crippen LogP contribution in [0.4, 0.5) is 8.78 Å². The first kappa shape index (κ1) is 16.3. The normalized spacial score (nSPS) is 20.4. The Kier molecular flexibility index (Phi) is 5.30. The van der Waals surface area contributed by atoms with Crippen LogP contribution in [0.3, 0.4) is 0 Å². The number of nitrogens with zero attached hydrogens (tertiary/aromatic N) is 1. The number of likely N-dealkylation sites (tertiary alicyclic amines) is 1. The summed E-state index contributed by atoms with van der Waals surface area (Å²) in [5.74, 6) is -1.33. The van der Waals surface area contributed by atoms with Crippen LogP contribution >= 0.6 is 0 Å². The molecule has 0 aliphatic carbocycles. The average molecular weight is 298 g/mol. The summed E-state index contributed by atoms with van der Waals surface area (Å²) in [7, 11) is 2.12. The molecule has 1 atom stereocenters. The lowest BCUT2D eigenvalue weighted by Crippen LogP contribution is -2.42. The van der Waals surface area contributed by atoms with E-state index in [1.165, 1.54) is 12.1 Å². The van der Waals surface area contributed by atoms with E-state index in [1.807, 2.05) is 0 Å². The minimum atomic E-state index is -0.958. The molecule has 1 aliphatic heterocycles. The molecule has 1 aliphatic rings. The number of aliphatic hydroxyl groups is 1. The first-order valence-electron chi connectivity index (χ1n) is 7.42. The minimum Gasteiger partial charge on any atom is -0.387 e. The summed E-state index contributed by atoms with van der Waals surface area (Å²) in [4.78, 5) is 2.31. The molecule has 0 amide bonds. The summed E-state index contributed by atoms with van der Waals surface area (Å²) >= 11 is 0. The third-order valence-corrected chi connectivity index (χ3v) is 4.41. The predicted octanol–water partition coefficient (Wildman–Crippen LogP) is 2.32.